The van der Waals surface area contributed by atoms with Crippen molar-refractivity contribution in [2.45, 2.75) is 0 Å². The number of ether oxygens (including phenoxy) is 1. The molecule has 1 aromatic carbocycles. The molecule has 0 fully saturated rings. The number of methoxy groups -OCH3 is 1. The molecule has 5 heteroatoms. The predicted molar refractivity (Wildman–Crippen MR) is 72.0 cm³/mol. The van der Waals surface area contributed by atoms with Crippen molar-refractivity contribution in [2.75, 3.05) is 7.11 Å². The van der Waals surface area contributed by atoms with Crippen LogP contribution in [-0.4, -0.2) is 17.2 Å². The van der Waals surface area contributed by atoms with E-state index in [1.54, 1.807) is 19.3 Å². The van der Waals surface area contributed by atoms with E-state index >= 15 is 0 Å². The van der Waals surface area contributed by atoms with Gasteiger partial charge in [0.1, 0.15) is 10.6 Å². The molecule has 0 aliphatic carbocycles. The van der Waals surface area contributed by atoms with E-state index in [0.29, 0.717) is 4.88 Å². The Labute approximate surface area is 107 Å². The van der Waals surface area contributed by atoms with Gasteiger partial charge in [-0.15, -0.1) is 5.73 Å². The molecule has 0 amide bonds. The average Bonchev–Trinajstić information content (AvgIpc) is 2.68. The Hall–Kier alpha value is -2.23. The van der Waals surface area contributed by atoms with Crippen molar-refractivity contribution in [2.24, 2.45) is 0 Å². The van der Waals surface area contributed by atoms with Crippen LogP contribution in [0.5, 0.6) is 11.6 Å². The molecule has 18 heavy (non-hydrogen) atoms. The number of benzene rings is 1. The molecule has 0 spiro atoms. The van der Waals surface area contributed by atoms with Gasteiger partial charge in [0, 0.05) is 11.6 Å². The van der Waals surface area contributed by atoms with Crippen LogP contribution in [0.3, 0.4) is 0 Å². The van der Waals surface area contributed by atoms with E-state index in [4.69, 9.17) is 4.74 Å². The second-order valence-electron chi connectivity index (χ2n) is 3.42. The van der Waals surface area contributed by atoms with Crippen molar-refractivity contribution in [3.05, 3.63) is 50.1 Å². The number of rotatable bonds is 3. The van der Waals surface area contributed by atoms with Gasteiger partial charge >= 0.3 is 4.87 Å². The zero-order chi connectivity index (χ0) is 13.0. The topological polar surface area (TPSA) is 62.3 Å². The molecular formula is C13H11NO3S. The lowest BCUT2D eigenvalue weighted by atomic mass is 10.2. The van der Waals surface area contributed by atoms with E-state index in [2.05, 4.69) is 10.7 Å². The van der Waals surface area contributed by atoms with Gasteiger partial charge in [0.05, 0.1) is 7.11 Å². The van der Waals surface area contributed by atoms with Crippen LogP contribution in [0.25, 0.3) is 12.2 Å². The quantitative estimate of drug-likeness (QED) is 0.834. The summed E-state index contributed by atoms with van der Waals surface area (Å²) in [6, 6.07) is 7.50. The summed E-state index contributed by atoms with van der Waals surface area (Å²) in [5.41, 5.74) is 3.78. The first-order chi connectivity index (χ1) is 8.70. The van der Waals surface area contributed by atoms with Gasteiger partial charge in [-0.2, -0.15) is 0 Å². The number of aromatic nitrogens is 1. The molecule has 0 aliphatic rings. The van der Waals surface area contributed by atoms with Crippen LogP contribution < -0.4 is 9.61 Å². The van der Waals surface area contributed by atoms with Crippen molar-refractivity contribution in [3.8, 4) is 11.6 Å². The smallest absolute Gasteiger partial charge is 0.307 e. The number of aromatic hydroxyl groups is 1. The van der Waals surface area contributed by atoms with Gasteiger partial charge in [0.15, 0.2) is 0 Å². The molecule has 2 aromatic rings. The third-order valence-electron chi connectivity index (χ3n) is 2.25. The SMILES string of the molecule is COc1ccccc1C=C=Cc1sc(=O)[nH]c1O. The maximum absolute atomic E-state index is 11.0. The normalized spacial score (nSPS) is 9.61. The van der Waals surface area contributed by atoms with Crippen molar-refractivity contribution < 1.29 is 9.84 Å². The molecule has 0 radical (unpaired) electrons. The van der Waals surface area contributed by atoms with Gasteiger partial charge in [-0.1, -0.05) is 29.5 Å². The molecule has 0 saturated heterocycles. The Morgan fingerprint density at radius 3 is 2.83 bits per heavy atom. The monoisotopic (exact) mass is 261 g/mol. The van der Waals surface area contributed by atoms with E-state index in [1.807, 2.05) is 24.3 Å². The average molecular weight is 261 g/mol. The number of aromatic amines is 1. The fourth-order valence-electron chi connectivity index (χ4n) is 1.42. The van der Waals surface area contributed by atoms with Crippen molar-refractivity contribution >= 4 is 23.5 Å². The van der Waals surface area contributed by atoms with Crippen LogP contribution in [0.4, 0.5) is 0 Å². The summed E-state index contributed by atoms with van der Waals surface area (Å²) < 4.78 is 5.19. The Bertz CT molecular complexity index is 663. The zero-order valence-electron chi connectivity index (χ0n) is 9.64. The van der Waals surface area contributed by atoms with E-state index in [-0.39, 0.29) is 10.8 Å². The molecular weight excluding hydrogens is 250 g/mol. The molecule has 0 saturated carbocycles. The van der Waals surface area contributed by atoms with Crippen LogP contribution in [0, 0.1) is 0 Å². The van der Waals surface area contributed by atoms with E-state index < -0.39 is 0 Å². The van der Waals surface area contributed by atoms with Crippen LogP contribution in [-0.2, 0) is 0 Å². The minimum atomic E-state index is -0.294. The summed E-state index contributed by atoms with van der Waals surface area (Å²) in [7, 11) is 1.60. The Morgan fingerprint density at radius 1 is 1.39 bits per heavy atom. The maximum atomic E-state index is 11.0. The first kappa shape index (κ1) is 12.2. The van der Waals surface area contributed by atoms with Crippen LogP contribution in [0.1, 0.15) is 10.4 Å². The lowest BCUT2D eigenvalue weighted by Crippen LogP contribution is -1.89. The number of thiazole rings is 1. The molecule has 0 unspecified atom stereocenters. The summed E-state index contributed by atoms with van der Waals surface area (Å²) in [6.07, 6.45) is 3.27. The van der Waals surface area contributed by atoms with Gasteiger partial charge in [0.2, 0.25) is 5.88 Å². The lowest BCUT2D eigenvalue weighted by Gasteiger charge is -2.01. The third kappa shape index (κ3) is 2.71. The summed E-state index contributed by atoms with van der Waals surface area (Å²) in [5.74, 6) is 0.607. The van der Waals surface area contributed by atoms with Crippen molar-refractivity contribution in [1.82, 2.24) is 4.98 Å². The highest BCUT2D eigenvalue weighted by Gasteiger charge is 2.01. The molecule has 1 aromatic heterocycles. The fraction of sp³-hybridized carbons (Fsp3) is 0.0769. The van der Waals surface area contributed by atoms with Crippen molar-refractivity contribution in [1.29, 1.82) is 0 Å². The molecule has 4 nitrogen and oxygen atoms in total. The summed E-state index contributed by atoms with van der Waals surface area (Å²) in [5, 5.41) is 9.37. The molecule has 0 atom stereocenters. The van der Waals surface area contributed by atoms with Gasteiger partial charge in [0.25, 0.3) is 0 Å². The van der Waals surface area contributed by atoms with Gasteiger partial charge in [-0.25, -0.2) is 0 Å². The van der Waals surface area contributed by atoms with Crippen LogP contribution in [0.15, 0.2) is 34.8 Å². The number of hydrogen-bond donors (Lipinski definition) is 2. The second kappa shape index (κ2) is 5.40. The Morgan fingerprint density at radius 2 is 2.17 bits per heavy atom. The number of para-hydroxylation sites is 1. The summed E-state index contributed by atoms with van der Waals surface area (Å²) in [6.45, 7) is 0. The molecule has 0 aliphatic heterocycles. The highest BCUT2D eigenvalue weighted by Crippen LogP contribution is 2.20. The van der Waals surface area contributed by atoms with Crippen LogP contribution >= 0.6 is 11.3 Å². The molecule has 1 heterocycles. The number of hydrogen-bond acceptors (Lipinski definition) is 4. The lowest BCUT2D eigenvalue weighted by molar-refractivity contribution is 0.414. The standard InChI is InChI=1S/C13H11NO3S/c1-17-10-7-3-2-5-9(10)6-4-8-11-12(15)14-13(16)18-11/h2-3,5-8,15H,1H3,(H,14,16). The Balaban J connectivity index is 2.30. The second-order valence-corrected chi connectivity index (χ2v) is 4.44. The number of nitrogens with one attached hydrogen (secondary N) is 1. The zero-order valence-corrected chi connectivity index (χ0v) is 10.5. The first-order valence-electron chi connectivity index (χ1n) is 5.18. The fourth-order valence-corrected chi connectivity index (χ4v) is 2.04. The highest BCUT2D eigenvalue weighted by atomic mass is 32.1. The summed E-state index contributed by atoms with van der Waals surface area (Å²) >= 11 is 0.929. The van der Waals surface area contributed by atoms with Crippen molar-refractivity contribution in [3.63, 3.8) is 0 Å². The van der Waals surface area contributed by atoms with E-state index in [9.17, 15) is 9.90 Å². The van der Waals surface area contributed by atoms with Crippen LogP contribution in [0.2, 0.25) is 0 Å². The van der Waals surface area contributed by atoms with E-state index in [0.717, 1.165) is 22.6 Å². The molecule has 2 N–H and O–H groups in total. The third-order valence-corrected chi connectivity index (χ3v) is 3.07. The minimum Gasteiger partial charge on any atom is -0.496 e. The largest absolute Gasteiger partial charge is 0.496 e. The summed E-state index contributed by atoms with van der Waals surface area (Å²) in [4.78, 5) is 13.4. The number of H-pyrrole nitrogens is 1. The highest BCUT2D eigenvalue weighted by molar-refractivity contribution is 7.10. The molecule has 0 bridgehead atoms. The Kier molecular flexibility index (Phi) is 3.67. The van der Waals surface area contributed by atoms with Gasteiger partial charge in [-0.05, 0) is 12.1 Å². The van der Waals surface area contributed by atoms with Gasteiger partial charge < -0.3 is 9.84 Å². The molecule has 2 rings (SSSR count). The minimum absolute atomic E-state index is 0.133. The van der Waals surface area contributed by atoms with Gasteiger partial charge in [-0.3, -0.25) is 9.78 Å². The first-order valence-corrected chi connectivity index (χ1v) is 6.00. The molecule has 92 valence electrons. The maximum Gasteiger partial charge on any atom is 0.307 e. The predicted octanol–water partition coefficient (Wildman–Crippen LogP) is 2.48. The van der Waals surface area contributed by atoms with E-state index in [1.165, 1.54) is 0 Å².